The third-order valence-corrected chi connectivity index (χ3v) is 3.67. The molecular formula is C12H18N2O3S. The van der Waals surface area contributed by atoms with E-state index < -0.39 is 10.0 Å². The van der Waals surface area contributed by atoms with Crippen LogP contribution in [0.3, 0.4) is 0 Å². The van der Waals surface area contributed by atoms with E-state index in [9.17, 15) is 8.42 Å². The average Bonchev–Trinajstić information content (AvgIpc) is 2.26. The Hall–Kier alpha value is -1.11. The van der Waals surface area contributed by atoms with Gasteiger partial charge < -0.3 is 10.5 Å². The van der Waals surface area contributed by atoms with Crippen molar-refractivity contribution >= 4 is 10.0 Å². The van der Waals surface area contributed by atoms with Gasteiger partial charge in [0.25, 0.3) is 0 Å². The Bertz CT molecular complexity index is 540. The topological polar surface area (TPSA) is 81.4 Å². The number of hydrogen-bond donors (Lipinski definition) is 2. The van der Waals surface area contributed by atoms with Gasteiger partial charge in [0, 0.05) is 18.0 Å². The molecule has 1 aliphatic heterocycles. The molecule has 1 aromatic rings. The van der Waals surface area contributed by atoms with E-state index in [4.69, 9.17) is 10.5 Å². The van der Waals surface area contributed by atoms with E-state index in [0.717, 1.165) is 23.1 Å². The summed E-state index contributed by atoms with van der Waals surface area (Å²) in [5, 5.41) is 0. The second kappa shape index (κ2) is 4.87. The number of fused-ring (bicyclic) bond motifs is 1. The molecule has 1 aliphatic rings. The maximum Gasteiger partial charge on any atom is 0.209 e. The number of nitrogens with one attached hydrogen (secondary N) is 1. The third kappa shape index (κ3) is 3.01. The highest BCUT2D eigenvalue weighted by Gasteiger charge is 2.24. The van der Waals surface area contributed by atoms with Crippen LogP contribution >= 0.6 is 0 Å². The van der Waals surface area contributed by atoms with Gasteiger partial charge in [-0.1, -0.05) is 6.07 Å². The van der Waals surface area contributed by atoms with Crippen LogP contribution in [0.4, 0.5) is 0 Å². The summed E-state index contributed by atoms with van der Waals surface area (Å²) < 4.78 is 30.9. The lowest BCUT2D eigenvalue weighted by atomic mass is 9.97. The maximum atomic E-state index is 11.4. The fourth-order valence-corrected chi connectivity index (χ4v) is 2.84. The minimum absolute atomic E-state index is 0.0869. The van der Waals surface area contributed by atoms with Crippen LogP contribution in [-0.2, 0) is 10.0 Å². The van der Waals surface area contributed by atoms with Crippen molar-refractivity contribution in [2.24, 2.45) is 5.73 Å². The smallest absolute Gasteiger partial charge is 0.209 e. The van der Waals surface area contributed by atoms with Crippen molar-refractivity contribution in [2.75, 3.05) is 12.9 Å². The zero-order valence-electron chi connectivity index (χ0n) is 10.5. The van der Waals surface area contributed by atoms with Gasteiger partial charge in [-0.2, -0.15) is 0 Å². The van der Waals surface area contributed by atoms with Gasteiger partial charge in [0.2, 0.25) is 10.0 Å². The first kappa shape index (κ1) is 13.3. The molecule has 18 heavy (non-hydrogen) atoms. The van der Waals surface area contributed by atoms with Crippen molar-refractivity contribution in [2.45, 2.75) is 25.4 Å². The zero-order valence-corrected chi connectivity index (χ0v) is 11.3. The van der Waals surface area contributed by atoms with Gasteiger partial charge >= 0.3 is 0 Å². The summed E-state index contributed by atoms with van der Waals surface area (Å²) in [7, 11) is -3.24. The van der Waals surface area contributed by atoms with E-state index in [-0.39, 0.29) is 12.1 Å². The molecule has 100 valence electrons. The Morgan fingerprint density at radius 3 is 2.83 bits per heavy atom. The minimum atomic E-state index is -3.24. The monoisotopic (exact) mass is 270 g/mol. The van der Waals surface area contributed by atoms with Crippen molar-refractivity contribution in [3.63, 3.8) is 0 Å². The Morgan fingerprint density at radius 1 is 1.50 bits per heavy atom. The first-order valence-corrected chi connectivity index (χ1v) is 7.75. The number of benzene rings is 1. The lowest BCUT2D eigenvalue weighted by Crippen LogP contribution is -2.31. The van der Waals surface area contributed by atoms with Crippen LogP contribution in [0.15, 0.2) is 18.2 Å². The summed E-state index contributed by atoms with van der Waals surface area (Å²) in [5.74, 6) is 0.729. The highest BCUT2D eigenvalue weighted by molar-refractivity contribution is 7.88. The molecule has 6 heteroatoms. The van der Waals surface area contributed by atoms with Crippen LogP contribution in [0.5, 0.6) is 5.75 Å². The quantitative estimate of drug-likeness (QED) is 0.861. The molecule has 2 rings (SSSR count). The molecule has 0 bridgehead atoms. The Kier molecular flexibility index (Phi) is 3.61. The lowest BCUT2D eigenvalue weighted by molar-refractivity contribution is 0.263. The minimum Gasteiger partial charge on any atom is -0.493 e. The van der Waals surface area contributed by atoms with Crippen molar-refractivity contribution < 1.29 is 13.2 Å². The summed E-state index contributed by atoms with van der Waals surface area (Å²) in [4.78, 5) is 0. The average molecular weight is 270 g/mol. The van der Waals surface area contributed by atoms with Crippen LogP contribution in [0.1, 0.15) is 36.6 Å². The molecular weight excluding hydrogens is 252 g/mol. The second-order valence-electron chi connectivity index (χ2n) is 4.67. The third-order valence-electron chi connectivity index (χ3n) is 2.96. The number of nitrogens with two attached hydrogens (primary N) is 1. The SMILES string of the molecule is CC(N)c1ccc2c(c1)C(NS(C)(=O)=O)CCO2. The molecule has 0 aromatic heterocycles. The van der Waals surface area contributed by atoms with Crippen molar-refractivity contribution in [3.05, 3.63) is 29.3 Å². The molecule has 0 radical (unpaired) electrons. The lowest BCUT2D eigenvalue weighted by Gasteiger charge is -2.27. The van der Waals surface area contributed by atoms with Crippen molar-refractivity contribution in [3.8, 4) is 5.75 Å². The maximum absolute atomic E-state index is 11.4. The number of ether oxygens (including phenoxy) is 1. The Labute approximate surface area is 107 Å². The molecule has 3 N–H and O–H groups in total. The Morgan fingerprint density at radius 2 is 2.22 bits per heavy atom. The van der Waals surface area contributed by atoms with Gasteiger partial charge in [-0.25, -0.2) is 13.1 Å². The van der Waals surface area contributed by atoms with Gasteiger partial charge in [-0.15, -0.1) is 0 Å². The molecule has 0 aliphatic carbocycles. The predicted molar refractivity (Wildman–Crippen MR) is 69.9 cm³/mol. The summed E-state index contributed by atoms with van der Waals surface area (Å²) in [6.07, 6.45) is 1.79. The van der Waals surface area contributed by atoms with Crippen molar-refractivity contribution in [1.29, 1.82) is 0 Å². The largest absolute Gasteiger partial charge is 0.493 e. The fourth-order valence-electron chi connectivity index (χ4n) is 2.08. The van der Waals surface area contributed by atoms with E-state index in [1.807, 2.05) is 25.1 Å². The van der Waals surface area contributed by atoms with Crippen LogP contribution < -0.4 is 15.2 Å². The van der Waals surface area contributed by atoms with Gasteiger partial charge in [-0.3, -0.25) is 0 Å². The van der Waals surface area contributed by atoms with E-state index in [1.165, 1.54) is 0 Å². The van der Waals surface area contributed by atoms with E-state index >= 15 is 0 Å². The van der Waals surface area contributed by atoms with Gasteiger partial charge in [0.1, 0.15) is 5.75 Å². The summed E-state index contributed by atoms with van der Waals surface area (Å²) in [6, 6.07) is 5.36. The standard InChI is InChI=1S/C12H18N2O3S/c1-8(13)9-3-4-12-10(7-9)11(5-6-17-12)14-18(2,15)16/h3-4,7-8,11,14H,5-6,13H2,1-2H3. The Balaban J connectivity index is 2.37. The van der Waals surface area contributed by atoms with Gasteiger partial charge in [-0.05, 0) is 24.6 Å². The number of rotatable bonds is 3. The molecule has 0 fully saturated rings. The van der Waals surface area contributed by atoms with Crippen LogP contribution in [-0.4, -0.2) is 21.3 Å². The molecule has 2 atom stereocenters. The summed E-state index contributed by atoms with van der Waals surface area (Å²) in [5.41, 5.74) is 7.67. The van der Waals surface area contributed by atoms with E-state index in [0.29, 0.717) is 13.0 Å². The molecule has 0 spiro atoms. The molecule has 0 saturated heterocycles. The van der Waals surface area contributed by atoms with Crippen LogP contribution in [0, 0.1) is 0 Å². The molecule has 0 amide bonds. The van der Waals surface area contributed by atoms with Crippen molar-refractivity contribution in [1.82, 2.24) is 4.72 Å². The van der Waals surface area contributed by atoms with E-state index in [1.54, 1.807) is 0 Å². The highest BCUT2D eigenvalue weighted by atomic mass is 32.2. The van der Waals surface area contributed by atoms with Gasteiger partial charge in [0.05, 0.1) is 18.9 Å². The second-order valence-corrected chi connectivity index (χ2v) is 6.45. The summed E-state index contributed by atoms with van der Waals surface area (Å²) >= 11 is 0. The zero-order chi connectivity index (χ0) is 13.3. The number of hydrogen-bond acceptors (Lipinski definition) is 4. The van der Waals surface area contributed by atoms with Gasteiger partial charge in [0.15, 0.2) is 0 Å². The normalized spacial score (nSPS) is 20.9. The summed E-state index contributed by atoms with van der Waals surface area (Å²) in [6.45, 7) is 2.40. The number of sulfonamides is 1. The van der Waals surface area contributed by atoms with E-state index in [2.05, 4.69) is 4.72 Å². The highest BCUT2D eigenvalue weighted by Crippen LogP contribution is 2.34. The molecule has 0 saturated carbocycles. The molecule has 1 aromatic carbocycles. The van der Waals surface area contributed by atoms with Crippen LogP contribution in [0.25, 0.3) is 0 Å². The predicted octanol–water partition coefficient (Wildman–Crippen LogP) is 1.08. The molecule has 2 unspecified atom stereocenters. The first-order valence-electron chi connectivity index (χ1n) is 5.86. The fraction of sp³-hybridized carbons (Fsp3) is 0.500. The van der Waals surface area contributed by atoms with Crippen LogP contribution in [0.2, 0.25) is 0 Å². The first-order chi connectivity index (χ1) is 8.37. The molecule has 5 nitrogen and oxygen atoms in total. The molecule has 1 heterocycles.